The third-order valence-electron chi connectivity index (χ3n) is 2.92. The Hall–Kier alpha value is -1.00. The monoisotopic (exact) mass is 290 g/mol. The van der Waals surface area contributed by atoms with Crippen LogP contribution >= 0.6 is 0 Å². The molecular weight excluding hydrogens is 272 g/mol. The molecule has 8 nitrogen and oxygen atoms in total. The van der Waals surface area contributed by atoms with Gasteiger partial charge < -0.3 is 20.1 Å². The molecule has 0 saturated carbocycles. The highest BCUT2D eigenvalue weighted by atomic mass is 32.2. The maximum atomic E-state index is 11.0. The van der Waals surface area contributed by atoms with Crippen molar-refractivity contribution in [3.8, 4) is 0 Å². The number of hydrogen-bond acceptors (Lipinski definition) is 6. The number of ether oxygens (including phenoxy) is 1. The summed E-state index contributed by atoms with van der Waals surface area (Å²) in [6, 6.07) is -0.239. The van der Waals surface area contributed by atoms with Crippen molar-refractivity contribution in [3.05, 3.63) is 18.2 Å². The third-order valence-corrected chi connectivity index (χ3v) is 3.61. The van der Waals surface area contributed by atoms with E-state index in [9.17, 15) is 13.5 Å². The minimum absolute atomic E-state index is 0.0684. The highest BCUT2D eigenvalue weighted by Gasteiger charge is 2.35. The first-order valence-corrected chi connectivity index (χ1v) is 7.81. The van der Waals surface area contributed by atoms with Crippen LogP contribution in [0.1, 0.15) is 5.82 Å². The molecule has 0 aliphatic carbocycles. The summed E-state index contributed by atoms with van der Waals surface area (Å²) in [6.07, 6.45) is 3.14. The quantitative estimate of drug-likeness (QED) is 0.490. The van der Waals surface area contributed by atoms with E-state index < -0.39 is 22.2 Å². The summed E-state index contributed by atoms with van der Waals surface area (Å²) in [5, 5.41) is 13.1. The Morgan fingerprint density at radius 2 is 2.42 bits per heavy atom. The fourth-order valence-corrected chi connectivity index (χ4v) is 2.37. The predicted octanol–water partition coefficient (Wildman–Crippen LogP) is -1.82. The van der Waals surface area contributed by atoms with E-state index in [1.165, 1.54) is 0 Å². The number of nitrogens with one attached hydrogen (secondary N) is 3. The van der Waals surface area contributed by atoms with Crippen molar-refractivity contribution >= 4 is 10.0 Å². The summed E-state index contributed by atoms with van der Waals surface area (Å²) >= 11 is 0. The van der Waals surface area contributed by atoms with Crippen molar-refractivity contribution in [2.45, 2.75) is 24.8 Å². The third kappa shape index (κ3) is 4.25. The fourth-order valence-electron chi connectivity index (χ4n) is 1.90. The van der Waals surface area contributed by atoms with E-state index in [1.807, 2.05) is 0 Å². The number of aromatic amines is 1. The highest BCUT2D eigenvalue weighted by molar-refractivity contribution is 7.88. The molecule has 1 aromatic heterocycles. The van der Waals surface area contributed by atoms with Crippen LogP contribution in [0.15, 0.2) is 12.4 Å². The van der Waals surface area contributed by atoms with Gasteiger partial charge in [0.2, 0.25) is 10.0 Å². The van der Waals surface area contributed by atoms with Gasteiger partial charge in [0.25, 0.3) is 0 Å². The zero-order valence-corrected chi connectivity index (χ0v) is 11.4. The molecule has 2 rings (SSSR count). The number of H-pyrrole nitrogens is 1. The van der Waals surface area contributed by atoms with E-state index in [4.69, 9.17) is 4.74 Å². The lowest BCUT2D eigenvalue weighted by atomic mass is 10.1. The molecule has 3 atom stereocenters. The van der Waals surface area contributed by atoms with Gasteiger partial charge in [0.05, 0.1) is 37.7 Å². The van der Waals surface area contributed by atoms with Crippen LogP contribution in [-0.2, 0) is 21.3 Å². The second kappa shape index (κ2) is 5.97. The Bertz CT molecular complexity index is 490. The molecular formula is C10H18N4O4S. The van der Waals surface area contributed by atoms with E-state index in [1.54, 1.807) is 12.4 Å². The first kappa shape index (κ1) is 14.4. The van der Waals surface area contributed by atoms with Gasteiger partial charge in [0.1, 0.15) is 5.82 Å². The van der Waals surface area contributed by atoms with Crippen LogP contribution in [0.4, 0.5) is 0 Å². The summed E-state index contributed by atoms with van der Waals surface area (Å²) in [4.78, 5) is 7.00. The number of rotatable bonds is 6. The zero-order valence-electron chi connectivity index (χ0n) is 10.5. The summed E-state index contributed by atoms with van der Waals surface area (Å²) in [7, 11) is -3.28. The number of imidazole rings is 1. The molecule has 2 heterocycles. The average Bonchev–Trinajstić information content (AvgIpc) is 2.93. The summed E-state index contributed by atoms with van der Waals surface area (Å²) in [6.45, 7) is 0.890. The SMILES string of the molecule is CS(=O)(=O)NC[C@H]1OC[C@@H](NCc2ncc[nH]2)[C@@H]1O. The van der Waals surface area contributed by atoms with Gasteiger partial charge in [-0.25, -0.2) is 18.1 Å². The van der Waals surface area contributed by atoms with Gasteiger partial charge in [-0.3, -0.25) is 0 Å². The molecule has 1 aliphatic heterocycles. The Morgan fingerprint density at radius 1 is 1.63 bits per heavy atom. The van der Waals surface area contributed by atoms with E-state index >= 15 is 0 Å². The van der Waals surface area contributed by atoms with Crippen molar-refractivity contribution in [3.63, 3.8) is 0 Å². The second-order valence-electron chi connectivity index (χ2n) is 4.51. The summed E-state index contributed by atoms with van der Waals surface area (Å²) in [5.74, 6) is 0.768. The van der Waals surface area contributed by atoms with Crippen LogP contribution in [0.25, 0.3) is 0 Å². The van der Waals surface area contributed by atoms with Crippen LogP contribution in [0.3, 0.4) is 0 Å². The average molecular weight is 290 g/mol. The lowest BCUT2D eigenvalue weighted by molar-refractivity contribution is 0.0443. The molecule has 1 aliphatic rings. The van der Waals surface area contributed by atoms with Gasteiger partial charge >= 0.3 is 0 Å². The van der Waals surface area contributed by atoms with Gasteiger partial charge in [0, 0.05) is 18.9 Å². The first-order valence-electron chi connectivity index (χ1n) is 5.91. The molecule has 0 aromatic carbocycles. The minimum atomic E-state index is -3.28. The molecule has 4 N–H and O–H groups in total. The van der Waals surface area contributed by atoms with Crippen LogP contribution < -0.4 is 10.0 Å². The van der Waals surface area contributed by atoms with E-state index in [2.05, 4.69) is 20.0 Å². The van der Waals surface area contributed by atoms with Crippen LogP contribution in [-0.4, -0.2) is 61.1 Å². The van der Waals surface area contributed by atoms with Gasteiger partial charge in [-0.15, -0.1) is 0 Å². The van der Waals surface area contributed by atoms with Crippen LogP contribution in [0, 0.1) is 0 Å². The van der Waals surface area contributed by atoms with Gasteiger partial charge in [-0.05, 0) is 0 Å². The molecule has 1 fully saturated rings. The van der Waals surface area contributed by atoms with Crippen LogP contribution in [0.5, 0.6) is 0 Å². The number of sulfonamides is 1. The Kier molecular flexibility index (Phi) is 4.53. The molecule has 0 spiro atoms. The van der Waals surface area contributed by atoms with Crippen molar-refractivity contribution in [2.75, 3.05) is 19.4 Å². The van der Waals surface area contributed by atoms with Crippen molar-refractivity contribution in [1.29, 1.82) is 0 Å². The van der Waals surface area contributed by atoms with Crippen LogP contribution in [0.2, 0.25) is 0 Å². The smallest absolute Gasteiger partial charge is 0.208 e. The molecule has 1 saturated heterocycles. The molecule has 1 aromatic rings. The van der Waals surface area contributed by atoms with Crippen molar-refractivity contribution in [1.82, 2.24) is 20.0 Å². The Balaban J connectivity index is 1.79. The molecule has 0 bridgehead atoms. The molecule has 19 heavy (non-hydrogen) atoms. The molecule has 0 radical (unpaired) electrons. The summed E-state index contributed by atoms with van der Waals surface area (Å²) < 4.78 is 29.7. The highest BCUT2D eigenvalue weighted by Crippen LogP contribution is 2.14. The summed E-state index contributed by atoms with van der Waals surface area (Å²) in [5.41, 5.74) is 0. The second-order valence-corrected chi connectivity index (χ2v) is 6.34. The lowest BCUT2D eigenvalue weighted by Crippen LogP contribution is -2.44. The largest absolute Gasteiger partial charge is 0.389 e. The number of nitrogens with zero attached hydrogens (tertiary/aromatic N) is 1. The number of hydrogen-bond donors (Lipinski definition) is 4. The molecule has 108 valence electrons. The number of aromatic nitrogens is 2. The minimum Gasteiger partial charge on any atom is -0.389 e. The molecule has 9 heteroatoms. The normalized spacial score (nSPS) is 27.8. The Labute approximate surface area is 111 Å². The van der Waals surface area contributed by atoms with Gasteiger partial charge in [-0.2, -0.15) is 0 Å². The van der Waals surface area contributed by atoms with Gasteiger partial charge in [-0.1, -0.05) is 0 Å². The maximum Gasteiger partial charge on any atom is 0.208 e. The Morgan fingerprint density at radius 3 is 3.05 bits per heavy atom. The van der Waals surface area contributed by atoms with Gasteiger partial charge in [0.15, 0.2) is 0 Å². The maximum absolute atomic E-state index is 11.0. The van der Waals surface area contributed by atoms with Crippen molar-refractivity contribution < 1.29 is 18.3 Å². The van der Waals surface area contributed by atoms with E-state index in [0.29, 0.717) is 13.2 Å². The predicted molar refractivity (Wildman–Crippen MR) is 67.8 cm³/mol. The number of aliphatic hydroxyl groups is 1. The fraction of sp³-hybridized carbons (Fsp3) is 0.700. The molecule has 0 amide bonds. The van der Waals surface area contributed by atoms with Crippen molar-refractivity contribution in [2.24, 2.45) is 0 Å². The van der Waals surface area contributed by atoms with E-state index in [0.717, 1.165) is 12.1 Å². The number of aliphatic hydroxyl groups excluding tert-OH is 1. The van der Waals surface area contributed by atoms with E-state index in [-0.39, 0.29) is 12.6 Å². The lowest BCUT2D eigenvalue weighted by Gasteiger charge is -2.18. The first-order chi connectivity index (χ1) is 8.96. The zero-order chi connectivity index (χ0) is 13.9. The topological polar surface area (TPSA) is 116 Å². The molecule has 0 unspecified atom stereocenters. The standard InChI is InChI=1S/C10H18N4O4S/c1-19(16,17)14-4-8-10(15)7(6-18-8)13-5-9-11-2-3-12-9/h2-3,7-8,10,13-15H,4-6H2,1H3,(H,11,12)/t7-,8-,10+/m1/s1.